The lowest BCUT2D eigenvalue weighted by atomic mass is 10.1. The van der Waals surface area contributed by atoms with Crippen LogP contribution < -0.4 is 15.2 Å². The SMILES string of the molecule is Cc1cccc(OC2(C)CCN(CCOc3ccccc3)C2)c1N. The molecule has 4 heteroatoms. The van der Waals surface area contributed by atoms with Crippen molar-refractivity contribution in [1.29, 1.82) is 0 Å². The van der Waals surface area contributed by atoms with E-state index in [1.54, 1.807) is 0 Å². The Bertz CT molecular complexity index is 675. The minimum atomic E-state index is -0.200. The van der Waals surface area contributed by atoms with E-state index in [-0.39, 0.29) is 5.60 Å². The number of nitrogen functional groups attached to an aromatic ring is 1. The molecule has 24 heavy (non-hydrogen) atoms. The van der Waals surface area contributed by atoms with Gasteiger partial charge in [-0.2, -0.15) is 0 Å². The molecule has 0 aliphatic carbocycles. The molecule has 0 bridgehead atoms. The molecule has 1 aliphatic heterocycles. The highest BCUT2D eigenvalue weighted by Crippen LogP contribution is 2.32. The number of para-hydroxylation sites is 2. The van der Waals surface area contributed by atoms with Crippen molar-refractivity contribution in [1.82, 2.24) is 4.90 Å². The summed E-state index contributed by atoms with van der Waals surface area (Å²) < 4.78 is 12.0. The van der Waals surface area contributed by atoms with E-state index in [1.165, 1.54) is 0 Å². The first-order chi connectivity index (χ1) is 11.6. The van der Waals surface area contributed by atoms with Crippen molar-refractivity contribution in [2.75, 3.05) is 32.0 Å². The van der Waals surface area contributed by atoms with Crippen molar-refractivity contribution in [3.05, 3.63) is 54.1 Å². The maximum atomic E-state index is 6.26. The summed E-state index contributed by atoms with van der Waals surface area (Å²) in [4.78, 5) is 2.38. The summed E-state index contributed by atoms with van der Waals surface area (Å²) >= 11 is 0. The van der Waals surface area contributed by atoms with Crippen LogP contribution in [-0.4, -0.2) is 36.7 Å². The summed E-state index contributed by atoms with van der Waals surface area (Å²) in [5.41, 5.74) is 7.74. The molecule has 2 aromatic rings. The van der Waals surface area contributed by atoms with E-state index in [4.69, 9.17) is 15.2 Å². The van der Waals surface area contributed by atoms with Gasteiger partial charge >= 0.3 is 0 Å². The number of hydrogen-bond donors (Lipinski definition) is 1. The zero-order valence-electron chi connectivity index (χ0n) is 14.5. The van der Waals surface area contributed by atoms with E-state index in [0.717, 1.165) is 48.8 Å². The average Bonchev–Trinajstić information content (AvgIpc) is 2.94. The second-order valence-electron chi connectivity index (χ2n) is 6.73. The molecule has 128 valence electrons. The van der Waals surface area contributed by atoms with Crippen molar-refractivity contribution >= 4 is 5.69 Å². The van der Waals surface area contributed by atoms with Crippen molar-refractivity contribution in [2.24, 2.45) is 0 Å². The van der Waals surface area contributed by atoms with E-state index < -0.39 is 0 Å². The predicted octanol–water partition coefficient (Wildman–Crippen LogP) is 3.50. The number of anilines is 1. The fourth-order valence-corrected chi connectivity index (χ4v) is 3.12. The van der Waals surface area contributed by atoms with Gasteiger partial charge in [-0.05, 0) is 37.6 Å². The number of nitrogens with zero attached hydrogens (tertiary/aromatic N) is 1. The summed E-state index contributed by atoms with van der Waals surface area (Å²) in [5, 5.41) is 0. The standard InChI is InChI=1S/C20H26N2O2/c1-16-7-6-10-18(19(16)21)24-20(2)11-12-22(15-20)13-14-23-17-8-4-3-5-9-17/h3-10H,11-15,21H2,1-2H3. The van der Waals surface area contributed by atoms with Crippen LogP contribution in [0.3, 0.4) is 0 Å². The van der Waals surface area contributed by atoms with Crippen LogP contribution >= 0.6 is 0 Å². The molecule has 2 aromatic carbocycles. The van der Waals surface area contributed by atoms with E-state index in [1.807, 2.05) is 55.5 Å². The van der Waals surface area contributed by atoms with Crippen LogP contribution in [0.25, 0.3) is 0 Å². The van der Waals surface area contributed by atoms with Crippen LogP contribution in [0.4, 0.5) is 5.69 Å². The van der Waals surface area contributed by atoms with Gasteiger partial charge in [-0.1, -0.05) is 30.3 Å². The summed E-state index contributed by atoms with van der Waals surface area (Å²) in [6, 6.07) is 15.9. The maximum Gasteiger partial charge on any atom is 0.143 e. The monoisotopic (exact) mass is 326 g/mol. The van der Waals surface area contributed by atoms with Crippen molar-refractivity contribution in [2.45, 2.75) is 25.9 Å². The van der Waals surface area contributed by atoms with E-state index in [2.05, 4.69) is 11.8 Å². The summed E-state index contributed by atoms with van der Waals surface area (Å²) in [6.07, 6.45) is 0.992. The Morgan fingerprint density at radius 1 is 1.12 bits per heavy atom. The zero-order valence-corrected chi connectivity index (χ0v) is 14.5. The summed E-state index contributed by atoms with van der Waals surface area (Å²) in [5.74, 6) is 1.71. The Balaban J connectivity index is 1.51. The molecule has 0 amide bonds. The van der Waals surface area contributed by atoms with E-state index >= 15 is 0 Å². The second-order valence-corrected chi connectivity index (χ2v) is 6.73. The van der Waals surface area contributed by atoms with Crippen LogP contribution in [0.15, 0.2) is 48.5 Å². The highest BCUT2D eigenvalue weighted by Gasteiger charge is 2.36. The molecule has 1 fully saturated rings. The van der Waals surface area contributed by atoms with Crippen LogP contribution in [0.1, 0.15) is 18.9 Å². The quantitative estimate of drug-likeness (QED) is 0.826. The third-order valence-corrected chi connectivity index (χ3v) is 4.57. The molecule has 0 saturated carbocycles. The van der Waals surface area contributed by atoms with E-state index in [9.17, 15) is 0 Å². The normalized spacial score (nSPS) is 20.9. The zero-order chi connectivity index (χ0) is 17.0. The van der Waals surface area contributed by atoms with Gasteiger partial charge in [-0.25, -0.2) is 0 Å². The Morgan fingerprint density at radius 2 is 1.92 bits per heavy atom. The molecular weight excluding hydrogens is 300 g/mol. The molecule has 0 radical (unpaired) electrons. The lowest BCUT2D eigenvalue weighted by Gasteiger charge is -2.27. The topological polar surface area (TPSA) is 47.7 Å². The van der Waals surface area contributed by atoms with Gasteiger partial charge in [0.2, 0.25) is 0 Å². The molecule has 1 heterocycles. The number of benzene rings is 2. The number of hydrogen-bond acceptors (Lipinski definition) is 4. The van der Waals surface area contributed by atoms with Crippen LogP contribution in [-0.2, 0) is 0 Å². The molecule has 4 nitrogen and oxygen atoms in total. The molecule has 1 unspecified atom stereocenters. The van der Waals surface area contributed by atoms with Gasteiger partial charge in [-0.15, -0.1) is 0 Å². The highest BCUT2D eigenvalue weighted by atomic mass is 16.5. The van der Waals surface area contributed by atoms with Gasteiger partial charge in [-0.3, -0.25) is 4.90 Å². The minimum absolute atomic E-state index is 0.200. The van der Waals surface area contributed by atoms with Gasteiger partial charge in [0, 0.05) is 26.1 Å². The minimum Gasteiger partial charge on any atom is -0.492 e. The first kappa shape index (κ1) is 16.7. The molecule has 1 saturated heterocycles. The lowest BCUT2D eigenvalue weighted by Crippen LogP contribution is -2.37. The van der Waals surface area contributed by atoms with Crippen molar-refractivity contribution in [3.8, 4) is 11.5 Å². The number of likely N-dealkylation sites (tertiary alicyclic amines) is 1. The third-order valence-electron chi connectivity index (χ3n) is 4.57. The molecule has 0 aromatic heterocycles. The summed E-state index contributed by atoms with van der Waals surface area (Å²) in [6.45, 7) is 7.65. The van der Waals surface area contributed by atoms with Gasteiger partial charge in [0.25, 0.3) is 0 Å². The van der Waals surface area contributed by atoms with Crippen LogP contribution in [0.5, 0.6) is 11.5 Å². The number of aryl methyl sites for hydroxylation is 1. The largest absolute Gasteiger partial charge is 0.492 e. The first-order valence-corrected chi connectivity index (χ1v) is 8.50. The Morgan fingerprint density at radius 3 is 2.71 bits per heavy atom. The van der Waals surface area contributed by atoms with E-state index in [0.29, 0.717) is 6.61 Å². The molecule has 2 N–H and O–H groups in total. The third kappa shape index (κ3) is 4.01. The fraction of sp³-hybridized carbons (Fsp3) is 0.400. The average molecular weight is 326 g/mol. The number of ether oxygens (including phenoxy) is 2. The smallest absolute Gasteiger partial charge is 0.143 e. The van der Waals surface area contributed by atoms with Gasteiger partial charge in [0.05, 0.1) is 5.69 Å². The van der Waals surface area contributed by atoms with Crippen molar-refractivity contribution < 1.29 is 9.47 Å². The maximum absolute atomic E-state index is 6.26. The fourth-order valence-electron chi connectivity index (χ4n) is 3.12. The molecule has 0 spiro atoms. The molecule has 1 atom stereocenters. The summed E-state index contributed by atoms with van der Waals surface area (Å²) in [7, 11) is 0. The first-order valence-electron chi connectivity index (χ1n) is 8.50. The Labute approximate surface area is 144 Å². The van der Waals surface area contributed by atoms with Gasteiger partial charge in [0.15, 0.2) is 0 Å². The van der Waals surface area contributed by atoms with Crippen LogP contribution in [0.2, 0.25) is 0 Å². The van der Waals surface area contributed by atoms with Gasteiger partial charge in [0.1, 0.15) is 23.7 Å². The van der Waals surface area contributed by atoms with Gasteiger partial charge < -0.3 is 15.2 Å². The second kappa shape index (κ2) is 7.14. The van der Waals surface area contributed by atoms with Crippen molar-refractivity contribution in [3.63, 3.8) is 0 Å². The Kier molecular flexibility index (Phi) is 4.95. The molecule has 3 rings (SSSR count). The molecular formula is C20H26N2O2. The number of nitrogens with two attached hydrogens (primary N) is 1. The number of rotatable bonds is 6. The lowest BCUT2D eigenvalue weighted by molar-refractivity contribution is 0.0943. The Hall–Kier alpha value is -2.20. The highest BCUT2D eigenvalue weighted by molar-refractivity contribution is 5.58. The predicted molar refractivity (Wildman–Crippen MR) is 97.6 cm³/mol. The van der Waals surface area contributed by atoms with Crippen LogP contribution in [0, 0.1) is 6.92 Å². The molecule has 1 aliphatic rings.